The fraction of sp³-hybridized carbons (Fsp3) is 0.136. The highest BCUT2D eigenvalue weighted by atomic mass is 16.5. The molecule has 3 aromatic rings. The molecule has 0 saturated heterocycles. The summed E-state index contributed by atoms with van der Waals surface area (Å²) in [4.78, 5) is 13.2. The standard InChI is InChI=1S/C22H21NO2/c1-17-13-15-20(16-14-17)23(2,25)21(18-9-5-3-6-10-18)22(24)19-11-7-4-8-12-19/h3-16,21H,1-2H3. The number of quaternary nitrogens is 1. The Morgan fingerprint density at radius 2 is 1.36 bits per heavy atom. The van der Waals surface area contributed by atoms with Gasteiger partial charge in [0.15, 0.2) is 6.04 Å². The maximum atomic E-state index is 13.6. The minimum Gasteiger partial charge on any atom is -0.627 e. The van der Waals surface area contributed by atoms with E-state index < -0.39 is 10.7 Å². The molecule has 0 aliphatic heterocycles. The Morgan fingerprint density at radius 1 is 0.840 bits per heavy atom. The molecule has 126 valence electrons. The van der Waals surface area contributed by atoms with Crippen molar-refractivity contribution in [1.29, 1.82) is 0 Å². The van der Waals surface area contributed by atoms with Crippen LogP contribution in [0.1, 0.15) is 27.5 Å². The zero-order chi connectivity index (χ0) is 17.9. The van der Waals surface area contributed by atoms with Crippen molar-refractivity contribution in [2.45, 2.75) is 13.0 Å². The average Bonchev–Trinajstić information content (AvgIpc) is 2.63. The molecular formula is C22H21NO2. The summed E-state index contributed by atoms with van der Waals surface area (Å²) in [7, 11) is 1.54. The number of carbonyl (C=O) groups is 1. The second-order valence-corrected chi connectivity index (χ2v) is 6.37. The van der Waals surface area contributed by atoms with Gasteiger partial charge in [-0.2, -0.15) is 0 Å². The van der Waals surface area contributed by atoms with E-state index in [1.165, 1.54) is 0 Å². The fourth-order valence-electron chi connectivity index (χ4n) is 3.05. The van der Waals surface area contributed by atoms with E-state index in [4.69, 9.17) is 0 Å². The summed E-state index contributed by atoms with van der Waals surface area (Å²) in [5.74, 6) is -0.176. The first-order valence-corrected chi connectivity index (χ1v) is 8.29. The van der Waals surface area contributed by atoms with E-state index in [2.05, 4.69) is 0 Å². The molecule has 0 amide bonds. The van der Waals surface area contributed by atoms with E-state index in [-0.39, 0.29) is 5.78 Å². The Kier molecular flexibility index (Phi) is 4.79. The first kappa shape index (κ1) is 17.1. The van der Waals surface area contributed by atoms with Gasteiger partial charge in [-0.1, -0.05) is 78.4 Å². The third-order valence-corrected chi connectivity index (χ3v) is 4.46. The summed E-state index contributed by atoms with van der Waals surface area (Å²) in [6.45, 7) is 1.97. The topological polar surface area (TPSA) is 40.1 Å². The van der Waals surface area contributed by atoms with E-state index in [1.807, 2.05) is 67.6 Å². The summed E-state index contributed by atoms with van der Waals surface area (Å²) >= 11 is 0. The zero-order valence-electron chi connectivity index (χ0n) is 14.4. The number of nitrogens with zero attached hydrogens (tertiary/aromatic N) is 1. The van der Waals surface area contributed by atoms with Crippen molar-refractivity contribution in [2.24, 2.45) is 0 Å². The van der Waals surface area contributed by atoms with Crippen LogP contribution in [0, 0.1) is 12.1 Å². The number of benzene rings is 3. The van der Waals surface area contributed by atoms with Gasteiger partial charge in [-0.05, 0) is 19.1 Å². The van der Waals surface area contributed by atoms with Gasteiger partial charge in [0.2, 0.25) is 5.78 Å². The number of carbonyl (C=O) groups excluding carboxylic acids is 1. The van der Waals surface area contributed by atoms with Crippen LogP contribution in [-0.4, -0.2) is 12.8 Å². The van der Waals surface area contributed by atoms with Crippen LogP contribution < -0.4 is 4.65 Å². The monoisotopic (exact) mass is 331 g/mol. The van der Waals surface area contributed by atoms with Gasteiger partial charge in [-0.25, -0.2) is 0 Å². The van der Waals surface area contributed by atoms with Crippen molar-refractivity contribution in [3.63, 3.8) is 0 Å². The SMILES string of the molecule is Cc1ccc([N+](C)([O-])C(C(=O)c2ccccc2)c2ccccc2)cc1. The van der Waals surface area contributed by atoms with E-state index in [9.17, 15) is 10.0 Å². The molecule has 0 N–H and O–H groups in total. The quantitative estimate of drug-likeness (QED) is 0.373. The van der Waals surface area contributed by atoms with Gasteiger partial charge in [0.1, 0.15) is 5.69 Å². The Labute approximate surface area is 148 Å². The lowest BCUT2D eigenvalue weighted by molar-refractivity contribution is 0.0893. The predicted octanol–water partition coefficient (Wildman–Crippen LogP) is 5.05. The molecule has 2 unspecified atom stereocenters. The van der Waals surface area contributed by atoms with Gasteiger partial charge in [-0.15, -0.1) is 0 Å². The molecule has 0 aliphatic rings. The molecule has 3 rings (SSSR count). The molecule has 2 atom stereocenters. The van der Waals surface area contributed by atoms with Crippen LogP contribution in [0.2, 0.25) is 0 Å². The number of aryl methyl sites for hydroxylation is 1. The van der Waals surface area contributed by atoms with Gasteiger partial charge >= 0.3 is 0 Å². The van der Waals surface area contributed by atoms with Gasteiger partial charge in [0.05, 0.1) is 7.05 Å². The molecule has 0 fully saturated rings. The summed E-state index contributed by atoms with van der Waals surface area (Å²) in [6, 6.07) is 24.8. The Bertz CT molecular complexity index is 840. The maximum Gasteiger partial charge on any atom is 0.225 e. The van der Waals surface area contributed by atoms with Crippen LogP contribution in [0.15, 0.2) is 84.9 Å². The van der Waals surface area contributed by atoms with Crippen molar-refractivity contribution in [1.82, 2.24) is 4.65 Å². The highest BCUT2D eigenvalue weighted by Crippen LogP contribution is 2.35. The fourth-order valence-corrected chi connectivity index (χ4v) is 3.05. The normalized spacial score (nSPS) is 14.5. The van der Waals surface area contributed by atoms with Crippen molar-refractivity contribution in [3.8, 4) is 0 Å². The largest absolute Gasteiger partial charge is 0.627 e. The molecule has 25 heavy (non-hydrogen) atoms. The lowest BCUT2D eigenvalue weighted by Gasteiger charge is -2.44. The smallest absolute Gasteiger partial charge is 0.225 e. The Morgan fingerprint density at radius 3 is 1.92 bits per heavy atom. The molecule has 0 spiro atoms. The Balaban J connectivity index is 2.11. The van der Waals surface area contributed by atoms with Gasteiger partial charge in [0, 0.05) is 11.1 Å². The first-order chi connectivity index (χ1) is 12.0. The number of ketones is 1. The van der Waals surface area contributed by atoms with Crippen LogP contribution in [0.3, 0.4) is 0 Å². The molecule has 3 nitrogen and oxygen atoms in total. The van der Waals surface area contributed by atoms with Crippen LogP contribution in [-0.2, 0) is 0 Å². The van der Waals surface area contributed by atoms with Crippen molar-refractivity contribution < 1.29 is 4.79 Å². The van der Waals surface area contributed by atoms with Crippen LogP contribution >= 0.6 is 0 Å². The molecule has 0 heterocycles. The molecule has 0 saturated carbocycles. The van der Waals surface area contributed by atoms with Crippen LogP contribution in [0.25, 0.3) is 0 Å². The van der Waals surface area contributed by atoms with Gasteiger partial charge in [0.25, 0.3) is 0 Å². The second-order valence-electron chi connectivity index (χ2n) is 6.37. The summed E-state index contributed by atoms with van der Waals surface area (Å²) in [5, 5.41) is 13.6. The number of hydrogen-bond donors (Lipinski definition) is 0. The van der Waals surface area contributed by atoms with Crippen LogP contribution in [0.5, 0.6) is 0 Å². The molecule has 3 heteroatoms. The predicted molar refractivity (Wildman–Crippen MR) is 102 cm³/mol. The number of hydrogen-bond acceptors (Lipinski definition) is 2. The van der Waals surface area contributed by atoms with Crippen molar-refractivity contribution >= 4 is 11.5 Å². The van der Waals surface area contributed by atoms with Gasteiger partial charge < -0.3 is 9.85 Å². The number of likely N-dealkylation sites (N-methyl/N-ethyl adjacent to an activating group) is 1. The zero-order valence-corrected chi connectivity index (χ0v) is 14.4. The Hall–Kier alpha value is -2.75. The molecule has 0 aromatic heterocycles. The second kappa shape index (κ2) is 7.01. The van der Waals surface area contributed by atoms with E-state index in [0.717, 1.165) is 11.1 Å². The molecule has 0 aliphatic carbocycles. The third kappa shape index (κ3) is 3.53. The molecular weight excluding hydrogens is 310 g/mol. The minimum absolute atomic E-state index is 0.176. The summed E-state index contributed by atoms with van der Waals surface area (Å²) in [5.41, 5.74) is 2.90. The number of rotatable bonds is 5. The minimum atomic E-state index is -0.855. The third-order valence-electron chi connectivity index (χ3n) is 4.46. The highest BCUT2D eigenvalue weighted by molar-refractivity contribution is 6.01. The number of hydroxylamine groups is 2. The van der Waals surface area contributed by atoms with Crippen LogP contribution in [0.4, 0.5) is 5.69 Å². The molecule has 0 bridgehead atoms. The molecule has 0 radical (unpaired) electrons. The van der Waals surface area contributed by atoms with Crippen molar-refractivity contribution in [3.05, 3.63) is 107 Å². The molecule has 3 aromatic carbocycles. The van der Waals surface area contributed by atoms with Crippen molar-refractivity contribution in [2.75, 3.05) is 7.05 Å². The highest BCUT2D eigenvalue weighted by Gasteiger charge is 2.35. The van der Waals surface area contributed by atoms with E-state index in [1.54, 1.807) is 31.3 Å². The van der Waals surface area contributed by atoms with E-state index >= 15 is 0 Å². The summed E-state index contributed by atoms with van der Waals surface area (Å²) < 4.78 is -0.780. The first-order valence-electron chi connectivity index (χ1n) is 8.29. The lowest BCUT2D eigenvalue weighted by Crippen LogP contribution is -2.46. The lowest BCUT2D eigenvalue weighted by atomic mass is 9.95. The maximum absolute atomic E-state index is 13.6. The average molecular weight is 331 g/mol. The summed E-state index contributed by atoms with van der Waals surface area (Å²) in [6.07, 6.45) is 0. The van der Waals surface area contributed by atoms with Gasteiger partial charge in [-0.3, -0.25) is 4.79 Å². The van der Waals surface area contributed by atoms with E-state index in [0.29, 0.717) is 11.3 Å². The number of Topliss-reactive ketones (excluding diaryl/α,β-unsaturated/α-hetero) is 1.